The molecule has 0 saturated carbocycles. The van der Waals surface area contributed by atoms with Gasteiger partial charge in [-0.3, -0.25) is 4.79 Å². The van der Waals surface area contributed by atoms with Crippen LogP contribution in [0.2, 0.25) is 0 Å². The maximum atomic E-state index is 12.4. The Morgan fingerprint density at radius 2 is 1.96 bits per heavy atom. The van der Waals surface area contributed by atoms with Crippen molar-refractivity contribution in [2.75, 3.05) is 6.61 Å². The predicted molar refractivity (Wildman–Crippen MR) is 102 cm³/mol. The maximum Gasteiger partial charge on any atom is 0.251 e. The molecule has 26 heavy (non-hydrogen) atoms. The van der Waals surface area contributed by atoms with Crippen LogP contribution in [0.25, 0.3) is 0 Å². The van der Waals surface area contributed by atoms with Gasteiger partial charge in [0.25, 0.3) is 5.91 Å². The molecule has 138 valence electrons. The second-order valence-corrected chi connectivity index (χ2v) is 6.89. The van der Waals surface area contributed by atoms with E-state index in [4.69, 9.17) is 9.47 Å². The summed E-state index contributed by atoms with van der Waals surface area (Å²) in [6, 6.07) is 17.5. The summed E-state index contributed by atoms with van der Waals surface area (Å²) >= 11 is 0. The molecule has 1 aliphatic heterocycles. The minimum absolute atomic E-state index is 0.0422. The minimum atomic E-state index is -0.0422. The Morgan fingerprint density at radius 1 is 1.19 bits per heavy atom. The van der Waals surface area contributed by atoms with Gasteiger partial charge in [0, 0.05) is 18.2 Å². The standard InChI is InChI=1S/C22H27NO3/c1-17(9-12-20-8-5-15-25-20)23-22(24)19-10-13-21(14-11-19)26-16-18-6-3-2-4-7-18/h2-4,6-7,10-11,13-14,17,20H,5,8-9,12,15-16H2,1H3,(H,23,24). The summed E-state index contributed by atoms with van der Waals surface area (Å²) < 4.78 is 11.4. The highest BCUT2D eigenvalue weighted by Crippen LogP contribution is 2.18. The zero-order valence-electron chi connectivity index (χ0n) is 15.3. The van der Waals surface area contributed by atoms with Gasteiger partial charge in [0.15, 0.2) is 0 Å². The average molecular weight is 353 g/mol. The third-order valence-corrected chi connectivity index (χ3v) is 4.69. The maximum absolute atomic E-state index is 12.4. The van der Waals surface area contributed by atoms with Crippen molar-refractivity contribution in [1.82, 2.24) is 5.32 Å². The number of hydrogen-bond donors (Lipinski definition) is 1. The van der Waals surface area contributed by atoms with Crippen molar-refractivity contribution >= 4 is 5.91 Å². The lowest BCUT2D eigenvalue weighted by molar-refractivity contribution is 0.0899. The zero-order valence-corrected chi connectivity index (χ0v) is 15.3. The Bertz CT molecular complexity index is 678. The Kier molecular flexibility index (Phi) is 6.67. The topological polar surface area (TPSA) is 47.6 Å². The third kappa shape index (κ3) is 5.60. The monoisotopic (exact) mass is 353 g/mol. The smallest absolute Gasteiger partial charge is 0.251 e. The molecule has 2 unspecified atom stereocenters. The summed E-state index contributed by atoms with van der Waals surface area (Å²) in [5.41, 5.74) is 1.77. The van der Waals surface area contributed by atoms with Crippen LogP contribution < -0.4 is 10.1 Å². The van der Waals surface area contributed by atoms with E-state index in [-0.39, 0.29) is 11.9 Å². The van der Waals surface area contributed by atoms with Crippen molar-refractivity contribution in [2.24, 2.45) is 0 Å². The number of nitrogens with one attached hydrogen (secondary N) is 1. The van der Waals surface area contributed by atoms with E-state index in [0.717, 1.165) is 43.6 Å². The van der Waals surface area contributed by atoms with E-state index in [2.05, 4.69) is 5.32 Å². The number of benzene rings is 2. The van der Waals surface area contributed by atoms with E-state index in [1.165, 1.54) is 0 Å². The molecule has 0 radical (unpaired) electrons. The van der Waals surface area contributed by atoms with Crippen LogP contribution in [0, 0.1) is 0 Å². The van der Waals surface area contributed by atoms with Gasteiger partial charge in [0.1, 0.15) is 12.4 Å². The molecule has 1 aliphatic rings. The summed E-state index contributed by atoms with van der Waals surface area (Å²) in [5, 5.41) is 3.06. The number of rotatable bonds is 8. The molecule has 2 aromatic rings. The van der Waals surface area contributed by atoms with Gasteiger partial charge in [-0.1, -0.05) is 30.3 Å². The second kappa shape index (κ2) is 9.39. The van der Waals surface area contributed by atoms with Crippen LogP contribution in [-0.2, 0) is 11.3 Å². The molecule has 0 bridgehead atoms. The summed E-state index contributed by atoms with van der Waals surface area (Å²) in [7, 11) is 0. The molecule has 1 saturated heterocycles. The molecular formula is C22H27NO3. The fourth-order valence-corrected chi connectivity index (χ4v) is 3.13. The van der Waals surface area contributed by atoms with Gasteiger partial charge in [0.2, 0.25) is 0 Å². The van der Waals surface area contributed by atoms with Crippen molar-refractivity contribution in [2.45, 2.75) is 51.4 Å². The predicted octanol–water partition coefficient (Wildman–Crippen LogP) is 4.34. The van der Waals surface area contributed by atoms with Crippen LogP contribution in [0.15, 0.2) is 54.6 Å². The number of carbonyl (C=O) groups is 1. The molecule has 4 nitrogen and oxygen atoms in total. The number of hydrogen-bond acceptors (Lipinski definition) is 3. The van der Waals surface area contributed by atoms with Crippen LogP contribution >= 0.6 is 0 Å². The molecule has 0 aliphatic carbocycles. The SMILES string of the molecule is CC(CCC1CCCO1)NC(=O)c1ccc(OCc2ccccc2)cc1. The van der Waals surface area contributed by atoms with E-state index < -0.39 is 0 Å². The zero-order chi connectivity index (χ0) is 18.2. The molecule has 3 rings (SSSR count). The fourth-order valence-electron chi connectivity index (χ4n) is 3.13. The van der Waals surface area contributed by atoms with Crippen molar-refractivity contribution in [1.29, 1.82) is 0 Å². The molecule has 1 N–H and O–H groups in total. The van der Waals surface area contributed by atoms with Crippen molar-refractivity contribution in [3.8, 4) is 5.75 Å². The molecule has 1 heterocycles. The van der Waals surface area contributed by atoms with Crippen LogP contribution in [0.3, 0.4) is 0 Å². The first kappa shape index (κ1) is 18.5. The Labute approximate surface area is 155 Å². The normalized spacial score (nSPS) is 17.7. The van der Waals surface area contributed by atoms with E-state index >= 15 is 0 Å². The molecule has 1 amide bonds. The highest BCUT2D eigenvalue weighted by atomic mass is 16.5. The molecule has 0 aromatic heterocycles. The van der Waals surface area contributed by atoms with Gasteiger partial charge in [-0.05, 0) is 62.4 Å². The van der Waals surface area contributed by atoms with Gasteiger partial charge >= 0.3 is 0 Å². The molecule has 0 spiro atoms. The van der Waals surface area contributed by atoms with Crippen molar-refractivity contribution in [3.05, 3.63) is 65.7 Å². The Balaban J connectivity index is 1.43. The lowest BCUT2D eigenvalue weighted by atomic mass is 10.1. The number of carbonyl (C=O) groups excluding carboxylic acids is 1. The Morgan fingerprint density at radius 3 is 2.65 bits per heavy atom. The minimum Gasteiger partial charge on any atom is -0.489 e. The van der Waals surface area contributed by atoms with Crippen LogP contribution in [0.1, 0.15) is 48.5 Å². The van der Waals surface area contributed by atoms with Gasteiger partial charge in [-0.25, -0.2) is 0 Å². The van der Waals surface area contributed by atoms with Crippen LogP contribution in [-0.4, -0.2) is 24.7 Å². The molecular weight excluding hydrogens is 326 g/mol. The molecule has 1 fully saturated rings. The number of ether oxygens (including phenoxy) is 2. The van der Waals surface area contributed by atoms with Gasteiger partial charge in [0.05, 0.1) is 6.10 Å². The van der Waals surface area contributed by atoms with Gasteiger partial charge in [-0.2, -0.15) is 0 Å². The highest BCUT2D eigenvalue weighted by molar-refractivity contribution is 5.94. The fraction of sp³-hybridized carbons (Fsp3) is 0.409. The second-order valence-electron chi connectivity index (χ2n) is 6.89. The Hall–Kier alpha value is -2.33. The summed E-state index contributed by atoms with van der Waals surface area (Å²) in [4.78, 5) is 12.4. The van der Waals surface area contributed by atoms with Gasteiger partial charge in [-0.15, -0.1) is 0 Å². The third-order valence-electron chi connectivity index (χ3n) is 4.69. The van der Waals surface area contributed by atoms with Crippen LogP contribution in [0.4, 0.5) is 0 Å². The van der Waals surface area contributed by atoms with Crippen molar-refractivity contribution < 1.29 is 14.3 Å². The first-order chi connectivity index (χ1) is 12.7. The molecule has 2 aromatic carbocycles. The van der Waals surface area contributed by atoms with E-state index in [1.807, 2.05) is 61.5 Å². The van der Waals surface area contributed by atoms with Crippen molar-refractivity contribution in [3.63, 3.8) is 0 Å². The first-order valence-corrected chi connectivity index (χ1v) is 9.40. The van der Waals surface area contributed by atoms with Gasteiger partial charge < -0.3 is 14.8 Å². The molecule has 4 heteroatoms. The highest BCUT2D eigenvalue weighted by Gasteiger charge is 2.17. The van der Waals surface area contributed by atoms with E-state index in [9.17, 15) is 4.79 Å². The van der Waals surface area contributed by atoms with E-state index in [0.29, 0.717) is 18.3 Å². The average Bonchev–Trinajstić information content (AvgIpc) is 3.19. The van der Waals surface area contributed by atoms with Crippen LogP contribution in [0.5, 0.6) is 5.75 Å². The summed E-state index contributed by atoms with van der Waals surface area (Å²) in [6.07, 6.45) is 4.62. The quantitative estimate of drug-likeness (QED) is 0.768. The lowest BCUT2D eigenvalue weighted by Gasteiger charge is -2.16. The van der Waals surface area contributed by atoms with E-state index in [1.54, 1.807) is 0 Å². The first-order valence-electron chi connectivity index (χ1n) is 9.40. The number of amides is 1. The summed E-state index contributed by atoms with van der Waals surface area (Å²) in [5.74, 6) is 0.719. The lowest BCUT2D eigenvalue weighted by Crippen LogP contribution is -2.33. The largest absolute Gasteiger partial charge is 0.489 e. The summed E-state index contributed by atoms with van der Waals surface area (Å²) in [6.45, 7) is 3.45. The molecule has 2 atom stereocenters.